The molecule has 4 heterocycles. The third-order valence-corrected chi connectivity index (χ3v) is 6.99. The number of aryl methyl sites for hydroxylation is 2. The molecule has 0 radical (unpaired) electrons. The van der Waals surface area contributed by atoms with Crippen LogP contribution in [0.15, 0.2) is 42.6 Å². The number of nitrogen functional groups attached to an aromatic ring is 1. The van der Waals surface area contributed by atoms with Gasteiger partial charge in [-0.25, -0.2) is 13.8 Å². The lowest BCUT2D eigenvalue weighted by Gasteiger charge is -2.22. The molecule has 194 valence electrons. The molecule has 1 aliphatic rings. The minimum absolute atomic E-state index is 0.00836. The number of fused-ring (bicyclic) bond motifs is 4. The lowest BCUT2D eigenvalue weighted by atomic mass is 9.94. The number of imidazole rings is 1. The Morgan fingerprint density at radius 3 is 2.53 bits per heavy atom. The fraction of sp³-hybridized carbons (Fsp3) is 0.185. The molecule has 0 saturated heterocycles. The predicted molar refractivity (Wildman–Crippen MR) is 130 cm³/mol. The van der Waals surface area contributed by atoms with E-state index < -0.39 is 34.8 Å². The molecule has 2 aromatic carbocycles. The highest BCUT2D eigenvalue weighted by molar-refractivity contribution is 6.10. The maximum atomic E-state index is 14.5. The molecule has 5 aromatic rings. The van der Waals surface area contributed by atoms with Crippen LogP contribution < -0.4 is 10.5 Å². The van der Waals surface area contributed by atoms with E-state index in [9.17, 15) is 26.7 Å². The second kappa shape index (κ2) is 8.04. The van der Waals surface area contributed by atoms with E-state index in [0.717, 1.165) is 18.2 Å². The van der Waals surface area contributed by atoms with Crippen molar-refractivity contribution in [3.8, 4) is 16.9 Å². The molecular weight excluding hydrogens is 507 g/mol. The van der Waals surface area contributed by atoms with Crippen molar-refractivity contribution in [2.24, 2.45) is 7.05 Å². The van der Waals surface area contributed by atoms with E-state index in [0.29, 0.717) is 22.4 Å². The monoisotopic (exact) mass is 526 g/mol. The van der Waals surface area contributed by atoms with Crippen LogP contribution in [0, 0.1) is 18.6 Å². The summed E-state index contributed by atoms with van der Waals surface area (Å²) in [6, 6.07) is 7.27. The van der Waals surface area contributed by atoms with Crippen LogP contribution in [0.1, 0.15) is 33.0 Å². The number of alkyl halides is 3. The summed E-state index contributed by atoms with van der Waals surface area (Å²) in [5.41, 5.74) is 4.99. The zero-order chi connectivity index (χ0) is 27.1. The van der Waals surface area contributed by atoms with Crippen LogP contribution in [0.5, 0.6) is 5.75 Å². The van der Waals surface area contributed by atoms with Crippen molar-refractivity contribution in [2.45, 2.75) is 19.5 Å². The largest absolute Gasteiger partial charge is 0.490 e. The molecule has 0 unspecified atom stereocenters. The minimum atomic E-state index is -4.73. The number of hydrogen-bond donors (Lipinski definition) is 1. The first-order valence-corrected chi connectivity index (χ1v) is 11.6. The lowest BCUT2D eigenvalue weighted by Crippen LogP contribution is -2.13. The fourth-order valence-corrected chi connectivity index (χ4v) is 5.07. The SMILES string of the molecule is Cc1nc2c3c(c(C(F)(F)F)cc2n1C)-c1cccn2c(C(=O)c4cc(F)c(N)c(F)c4)cc(c12)CCO3. The molecule has 2 N–H and O–H groups in total. The summed E-state index contributed by atoms with van der Waals surface area (Å²) in [6.07, 6.45) is -2.93. The summed E-state index contributed by atoms with van der Waals surface area (Å²) in [5.74, 6) is -2.35. The molecule has 0 amide bonds. The summed E-state index contributed by atoms with van der Waals surface area (Å²) < 4.78 is 80.6. The number of benzene rings is 2. The number of pyridine rings is 1. The molecule has 38 heavy (non-hydrogen) atoms. The summed E-state index contributed by atoms with van der Waals surface area (Å²) >= 11 is 0. The molecule has 0 aliphatic carbocycles. The Morgan fingerprint density at radius 1 is 1.13 bits per heavy atom. The van der Waals surface area contributed by atoms with Crippen molar-refractivity contribution in [1.29, 1.82) is 0 Å². The van der Waals surface area contributed by atoms with Gasteiger partial charge in [-0.1, -0.05) is 6.07 Å². The van der Waals surface area contributed by atoms with Gasteiger partial charge in [0.2, 0.25) is 5.78 Å². The van der Waals surface area contributed by atoms with Crippen LogP contribution in [0.3, 0.4) is 0 Å². The Morgan fingerprint density at radius 2 is 1.84 bits per heavy atom. The zero-order valence-corrected chi connectivity index (χ0v) is 20.1. The lowest BCUT2D eigenvalue weighted by molar-refractivity contribution is -0.137. The Bertz CT molecular complexity index is 1790. The summed E-state index contributed by atoms with van der Waals surface area (Å²) in [5, 5.41) is 0. The van der Waals surface area contributed by atoms with Gasteiger partial charge in [0.05, 0.1) is 28.9 Å². The van der Waals surface area contributed by atoms with Crippen molar-refractivity contribution in [3.05, 3.63) is 82.4 Å². The van der Waals surface area contributed by atoms with Gasteiger partial charge in [0, 0.05) is 36.4 Å². The van der Waals surface area contributed by atoms with Gasteiger partial charge >= 0.3 is 6.18 Å². The Balaban J connectivity index is 1.67. The van der Waals surface area contributed by atoms with Crippen LogP contribution in [-0.2, 0) is 19.6 Å². The Hall–Kier alpha value is -4.41. The quantitative estimate of drug-likeness (QED) is 0.178. The molecule has 11 heteroatoms. The van der Waals surface area contributed by atoms with Crippen LogP contribution in [-0.4, -0.2) is 26.3 Å². The molecule has 0 spiro atoms. The molecule has 0 bridgehead atoms. The van der Waals surface area contributed by atoms with E-state index in [4.69, 9.17) is 10.5 Å². The van der Waals surface area contributed by atoms with Crippen molar-refractivity contribution in [2.75, 3.05) is 12.3 Å². The van der Waals surface area contributed by atoms with Crippen LogP contribution in [0.2, 0.25) is 0 Å². The number of nitrogens with zero attached hydrogens (tertiary/aromatic N) is 3. The molecular formula is C27H19F5N4O2. The number of carbonyl (C=O) groups excluding carboxylic acids is 1. The van der Waals surface area contributed by atoms with Crippen LogP contribution in [0.25, 0.3) is 27.7 Å². The Kier molecular flexibility index (Phi) is 5.07. The van der Waals surface area contributed by atoms with Gasteiger partial charge in [-0.05, 0) is 42.8 Å². The van der Waals surface area contributed by atoms with Crippen LogP contribution in [0.4, 0.5) is 27.6 Å². The molecule has 6 nitrogen and oxygen atoms in total. The van der Waals surface area contributed by atoms with E-state index in [1.165, 1.54) is 28.8 Å². The first-order valence-electron chi connectivity index (χ1n) is 11.6. The zero-order valence-electron chi connectivity index (χ0n) is 20.1. The first-order chi connectivity index (χ1) is 18.0. The molecule has 3 aromatic heterocycles. The van der Waals surface area contributed by atoms with Gasteiger partial charge in [-0.2, -0.15) is 13.2 Å². The third kappa shape index (κ3) is 3.37. The fourth-order valence-electron chi connectivity index (χ4n) is 5.07. The number of ketones is 1. The average Bonchev–Trinajstić information content (AvgIpc) is 3.36. The highest BCUT2D eigenvalue weighted by Gasteiger charge is 2.39. The van der Waals surface area contributed by atoms with Crippen molar-refractivity contribution in [1.82, 2.24) is 14.0 Å². The second-order valence-corrected chi connectivity index (χ2v) is 9.19. The maximum absolute atomic E-state index is 14.5. The van der Waals surface area contributed by atoms with Gasteiger partial charge in [-0.15, -0.1) is 0 Å². The van der Waals surface area contributed by atoms with Gasteiger partial charge in [0.15, 0.2) is 5.75 Å². The molecule has 6 rings (SSSR count). The van der Waals surface area contributed by atoms with E-state index in [1.807, 2.05) is 0 Å². The predicted octanol–water partition coefficient (Wildman–Crippen LogP) is 5.85. The van der Waals surface area contributed by atoms with Crippen molar-refractivity contribution in [3.63, 3.8) is 0 Å². The third-order valence-electron chi connectivity index (χ3n) is 6.99. The second-order valence-electron chi connectivity index (χ2n) is 9.19. The summed E-state index contributed by atoms with van der Waals surface area (Å²) in [6.45, 7) is 1.71. The number of halogens is 5. The van der Waals surface area contributed by atoms with E-state index in [-0.39, 0.29) is 46.7 Å². The van der Waals surface area contributed by atoms with E-state index in [1.54, 1.807) is 18.5 Å². The molecule has 0 saturated carbocycles. The minimum Gasteiger partial charge on any atom is -0.490 e. The summed E-state index contributed by atoms with van der Waals surface area (Å²) in [7, 11) is 1.63. The molecule has 0 atom stereocenters. The van der Waals surface area contributed by atoms with Crippen molar-refractivity contribution >= 4 is 28.0 Å². The number of aromatic nitrogens is 3. The number of nitrogens with two attached hydrogens (primary N) is 1. The smallest absolute Gasteiger partial charge is 0.417 e. The number of hydrogen-bond acceptors (Lipinski definition) is 4. The van der Waals surface area contributed by atoms with E-state index >= 15 is 0 Å². The Labute approximate surface area is 212 Å². The van der Waals surface area contributed by atoms with Gasteiger partial charge < -0.3 is 19.4 Å². The molecule has 1 aliphatic heterocycles. The van der Waals surface area contributed by atoms with Crippen molar-refractivity contribution < 1.29 is 31.5 Å². The number of rotatable bonds is 2. The standard InChI is InChI=1S/C27H19F5N4O2/c1-12-34-23-19(35(12)2)11-16(27(30,31)32)21-15-4-3-6-36-20(10-13(24(15)36)5-7-38-26(21)23)25(37)14-8-17(28)22(33)18(29)9-14/h3-4,6,8-11H,5,7,33H2,1-2H3. The summed E-state index contributed by atoms with van der Waals surface area (Å²) in [4.78, 5) is 17.8. The van der Waals surface area contributed by atoms with Gasteiger partial charge in [-0.3, -0.25) is 4.79 Å². The van der Waals surface area contributed by atoms with Gasteiger partial charge in [0.1, 0.15) is 28.7 Å². The number of ether oxygens (including phenoxy) is 1. The maximum Gasteiger partial charge on any atom is 0.417 e. The highest BCUT2D eigenvalue weighted by Crippen LogP contribution is 2.48. The average molecular weight is 526 g/mol. The normalized spacial score (nSPS) is 13.3. The topological polar surface area (TPSA) is 74.5 Å². The van der Waals surface area contributed by atoms with E-state index in [2.05, 4.69) is 4.98 Å². The van der Waals surface area contributed by atoms with Gasteiger partial charge in [0.25, 0.3) is 0 Å². The number of carbonyl (C=O) groups is 1. The first kappa shape index (κ1) is 24.0. The highest BCUT2D eigenvalue weighted by atomic mass is 19.4. The number of anilines is 1. The molecule has 0 fully saturated rings. The van der Waals surface area contributed by atoms with Crippen LogP contribution >= 0.6 is 0 Å².